The molecule has 0 aromatic heterocycles. The van der Waals surface area contributed by atoms with Crippen LogP contribution in [0.15, 0.2) is 42.5 Å². The number of rotatable bonds is 3. The third-order valence-electron chi connectivity index (χ3n) is 6.83. The molecule has 2 saturated heterocycles. The number of piperidine rings is 1. The molecule has 5 nitrogen and oxygen atoms in total. The molecule has 2 aromatic rings. The van der Waals surface area contributed by atoms with Crippen molar-refractivity contribution < 1.29 is 9.59 Å². The van der Waals surface area contributed by atoms with Gasteiger partial charge in [-0.3, -0.25) is 9.59 Å². The minimum absolute atomic E-state index is 0.132. The van der Waals surface area contributed by atoms with Crippen LogP contribution in [0.25, 0.3) is 11.1 Å². The molecule has 0 spiro atoms. The first-order chi connectivity index (χ1) is 14.7. The Balaban J connectivity index is 1.33. The maximum absolute atomic E-state index is 13.1. The zero-order valence-corrected chi connectivity index (χ0v) is 17.4. The van der Waals surface area contributed by atoms with Crippen LogP contribution in [-0.4, -0.2) is 60.4 Å². The van der Waals surface area contributed by atoms with Crippen LogP contribution in [0.1, 0.15) is 52.0 Å². The van der Waals surface area contributed by atoms with Crippen molar-refractivity contribution in [3.05, 3.63) is 59.2 Å². The first-order valence-electron chi connectivity index (χ1n) is 11.2. The Labute approximate surface area is 178 Å². The highest BCUT2D eigenvalue weighted by atomic mass is 16.2. The summed E-state index contributed by atoms with van der Waals surface area (Å²) in [6.07, 6.45) is 5.20. The van der Waals surface area contributed by atoms with E-state index in [1.165, 1.54) is 0 Å². The van der Waals surface area contributed by atoms with Crippen LogP contribution in [-0.2, 0) is 6.42 Å². The summed E-state index contributed by atoms with van der Waals surface area (Å²) < 4.78 is 0. The van der Waals surface area contributed by atoms with Crippen molar-refractivity contribution in [2.75, 3.05) is 32.7 Å². The normalized spacial score (nSPS) is 19.8. The van der Waals surface area contributed by atoms with E-state index in [0.29, 0.717) is 6.04 Å². The molecule has 2 aromatic carbocycles. The number of hydrogen-bond donors (Lipinski definition) is 1. The van der Waals surface area contributed by atoms with Crippen LogP contribution in [0.3, 0.4) is 0 Å². The predicted molar refractivity (Wildman–Crippen MR) is 118 cm³/mol. The summed E-state index contributed by atoms with van der Waals surface area (Å²) >= 11 is 0. The van der Waals surface area contributed by atoms with E-state index in [9.17, 15) is 9.59 Å². The van der Waals surface area contributed by atoms with Crippen LogP contribution in [0, 0.1) is 0 Å². The molecule has 1 N–H and O–H groups in total. The Morgan fingerprint density at radius 2 is 1.60 bits per heavy atom. The van der Waals surface area contributed by atoms with E-state index in [0.717, 1.165) is 92.6 Å². The number of carbonyl (C=O) groups excluding carboxylic acids is 2. The van der Waals surface area contributed by atoms with Gasteiger partial charge in [0.15, 0.2) is 0 Å². The van der Waals surface area contributed by atoms with E-state index in [2.05, 4.69) is 16.3 Å². The van der Waals surface area contributed by atoms with Crippen molar-refractivity contribution in [1.29, 1.82) is 0 Å². The van der Waals surface area contributed by atoms with E-state index >= 15 is 0 Å². The number of fused-ring (bicyclic) bond motifs is 1. The highest BCUT2D eigenvalue weighted by Gasteiger charge is 2.30. The van der Waals surface area contributed by atoms with Gasteiger partial charge in [0.05, 0.1) is 0 Å². The summed E-state index contributed by atoms with van der Waals surface area (Å²) in [7, 11) is 0. The van der Waals surface area contributed by atoms with Crippen molar-refractivity contribution >= 4 is 11.8 Å². The Kier molecular flexibility index (Phi) is 5.30. The van der Waals surface area contributed by atoms with Crippen LogP contribution in [0.5, 0.6) is 0 Å². The van der Waals surface area contributed by atoms with Gasteiger partial charge in [0, 0.05) is 36.8 Å². The molecular formula is C25H29N3O2. The van der Waals surface area contributed by atoms with Crippen molar-refractivity contribution in [1.82, 2.24) is 15.1 Å². The number of amides is 2. The molecule has 2 amide bonds. The molecule has 3 aliphatic heterocycles. The smallest absolute Gasteiger partial charge is 0.254 e. The zero-order valence-electron chi connectivity index (χ0n) is 17.4. The number of benzene rings is 2. The summed E-state index contributed by atoms with van der Waals surface area (Å²) in [5, 5.41) is 3.38. The average molecular weight is 404 g/mol. The maximum atomic E-state index is 13.1. The Bertz CT molecular complexity index is 941. The number of hydrogen-bond acceptors (Lipinski definition) is 3. The summed E-state index contributed by atoms with van der Waals surface area (Å²) in [5.74, 6) is 0.314. The van der Waals surface area contributed by atoms with Crippen LogP contribution in [0.4, 0.5) is 0 Å². The van der Waals surface area contributed by atoms with Crippen molar-refractivity contribution in [2.24, 2.45) is 0 Å². The van der Waals surface area contributed by atoms with E-state index in [1.54, 1.807) is 0 Å². The van der Waals surface area contributed by atoms with Gasteiger partial charge in [0.2, 0.25) is 0 Å². The number of carbonyl (C=O) groups is 2. The quantitative estimate of drug-likeness (QED) is 0.855. The third-order valence-corrected chi connectivity index (χ3v) is 6.83. The number of likely N-dealkylation sites (tertiary alicyclic amines) is 1. The van der Waals surface area contributed by atoms with Gasteiger partial charge in [0.25, 0.3) is 11.8 Å². The van der Waals surface area contributed by atoms with E-state index in [1.807, 2.05) is 41.3 Å². The molecule has 0 radical (unpaired) electrons. The summed E-state index contributed by atoms with van der Waals surface area (Å²) in [4.78, 5) is 29.7. The van der Waals surface area contributed by atoms with E-state index in [-0.39, 0.29) is 11.8 Å². The molecule has 0 aliphatic carbocycles. The molecule has 3 heterocycles. The van der Waals surface area contributed by atoms with E-state index in [4.69, 9.17) is 0 Å². The highest BCUT2D eigenvalue weighted by Crippen LogP contribution is 2.29. The van der Waals surface area contributed by atoms with Crippen molar-refractivity contribution in [3.63, 3.8) is 0 Å². The molecule has 5 heteroatoms. The largest absolute Gasteiger partial charge is 0.339 e. The monoisotopic (exact) mass is 403 g/mol. The standard InChI is InChI=1S/C25H29N3O2/c29-24(27-14-1-2-15-27)19-5-3-18(4-6-19)20-7-8-23-21(17-20)11-16-28(25(23)30)22-9-12-26-13-10-22/h3-8,17,22,26H,1-2,9-16H2. The first kappa shape index (κ1) is 19.3. The number of nitrogens with zero attached hydrogens (tertiary/aromatic N) is 2. The number of nitrogens with one attached hydrogen (secondary N) is 1. The van der Waals surface area contributed by atoms with E-state index < -0.39 is 0 Å². The second-order valence-corrected chi connectivity index (χ2v) is 8.68. The molecule has 0 unspecified atom stereocenters. The molecule has 2 fully saturated rings. The predicted octanol–water partition coefficient (Wildman–Crippen LogP) is 3.34. The van der Waals surface area contributed by atoms with Crippen molar-refractivity contribution in [3.8, 4) is 11.1 Å². The summed E-state index contributed by atoms with van der Waals surface area (Å²) in [6.45, 7) is 4.54. The van der Waals surface area contributed by atoms with Gasteiger partial charge in [-0.2, -0.15) is 0 Å². The molecule has 30 heavy (non-hydrogen) atoms. The fourth-order valence-corrected chi connectivity index (χ4v) is 5.06. The Morgan fingerprint density at radius 3 is 2.33 bits per heavy atom. The minimum atomic E-state index is 0.132. The molecular weight excluding hydrogens is 374 g/mol. The second-order valence-electron chi connectivity index (χ2n) is 8.68. The fourth-order valence-electron chi connectivity index (χ4n) is 5.06. The molecule has 156 valence electrons. The van der Waals surface area contributed by atoms with Gasteiger partial charge in [-0.1, -0.05) is 24.3 Å². The minimum Gasteiger partial charge on any atom is -0.339 e. The second kappa shape index (κ2) is 8.23. The van der Waals surface area contributed by atoms with Crippen LogP contribution >= 0.6 is 0 Å². The maximum Gasteiger partial charge on any atom is 0.254 e. The lowest BCUT2D eigenvalue weighted by molar-refractivity contribution is 0.0623. The van der Waals surface area contributed by atoms with Gasteiger partial charge < -0.3 is 15.1 Å². The lowest BCUT2D eigenvalue weighted by atomic mass is 9.92. The van der Waals surface area contributed by atoms with Gasteiger partial charge in [0.1, 0.15) is 0 Å². The lowest BCUT2D eigenvalue weighted by Gasteiger charge is -2.37. The Hall–Kier alpha value is -2.66. The van der Waals surface area contributed by atoms with Gasteiger partial charge in [-0.15, -0.1) is 0 Å². The zero-order chi connectivity index (χ0) is 20.5. The van der Waals surface area contributed by atoms with Crippen LogP contribution in [0.2, 0.25) is 0 Å². The van der Waals surface area contributed by atoms with Gasteiger partial charge in [-0.25, -0.2) is 0 Å². The van der Waals surface area contributed by atoms with Crippen molar-refractivity contribution in [2.45, 2.75) is 38.1 Å². The third kappa shape index (κ3) is 3.63. The summed E-state index contributed by atoms with van der Waals surface area (Å²) in [5.41, 5.74) is 4.94. The van der Waals surface area contributed by atoms with Gasteiger partial charge >= 0.3 is 0 Å². The molecule has 0 bridgehead atoms. The molecule has 0 atom stereocenters. The fraction of sp³-hybridized carbons (Fsp3) is 0.440. The average Bonchev–Trinajstić information content (AvgIpc) is 3.34. The van der Waals surface area contributed by atoms with Gasteiger partial charge in [-0.05, 0) is 80.1 Å². The topological polar surface area (TPSA) is 52.7 Å². The molecule has 5 rings (SSSR count). The first-order valence-corrected chi connectivity index (χ1v) is 11.2. The Morgan fingerprint density at radius 1 is 0.900 bits per heavy atom. The molecule has 3 aliphatic rings. The summed E-state index contributed by atoms with van der Waals surface area (Å²) in [6, 6.07) is 14.5. The van der Waals surface area contributed by atoms with Crippen LogP contribution < -0.4 is 5.32 Å². The lowest BCUT2D eigenvalue weighted by Crippen LogP contribution is -2.49. The SMILES string of the molecule is O=C(c1ccc(-c2ccc3c(c2)CCN(C2CCNCC2)C3=O)cc1)N1CCCC1. The molecule has 0 saturated carbocycles. The highest BCUT2D eigenvalue weighted by molar-refractivity contribution is 5.98.